The molecule has 0 saturated heterocycles. The van der Waals surface area contributed by atoms with Crippen molar-refractivity contribution in [2.45, 2.75) is 0 Å². The van der Waals surface area contributed by atoms with E-state index in [0.29, 0.717) is 0 Å². The number of para-hydroxylation sites is 2. The molecule has 10 aromatic rings. The van der Waals surface area contributed by atoms with Crippen molar-refractivity contribution in [1.29, 1.82) is 0 Å². The molecule has 2 aliphatic rings. The Labute approximate surface area is 350 Å². The van der Waals surface area contributed by atoms with Crippen molar-refractivity contribution in [3.63, 3.8) is 0 Å². The van der Waals surface area contributed by atoms with Gasteiger partial charge in [-0.15, -0.1) is 0 Å². The summed E-state index contributed by atoms with van der Waals surface area (Å²) >= 11 is 0. The van der Waals surface area contributed by atoms with Crippen LogP contribution < -0.4 is 9.80 Å². The molecule has 0 atom stereocenters. The molecule has 0 aromatic heterocycles. The lowest BCUT2D eigenvalue weighted by atomic mass is 9.90. The smallest absolute Gasteiger partial charge is 0.0540 e. The van der Waals surface area contributed by atoms with Crippen molar-refractivity contribution in [2.24, 2.45) is 0 Å². The number of anilines is 6. The number of hydrogen-bond acceptors (Lipinski definition) is 2. The third kappa shape index (κ3) is 5.50. The molecule has 2 heteroatoms. The van der Waals surface area contributed by atoms with E-state index in [0.717, 1.165) is 28.4 Å². The van der Waals surface area contributed by atoms with Gasteiger partial charge in [-0.2, -0.15) is 0 Å². The Balaban J connectivity index is 1.06. The van der Waals surface area contributed by atoms with Crippen molar-refractivity contribution < 1.29 is 0 Å². The highest BCUT2D eigenvalue weighted by Crippen LogP contribution is 2.54. The van der Waals surface area contributed by atoms with Gasteiger partial charge in [0.1, 0.15) is 0 Å². The summed E-state index contributed by atoms with van der Waals surface area (Å²) in [5.41, 5.74) is 21.4. The summed E-state index contributed by atoms with van der Waals surface area (Å²) in [7, 11) is 0. The molecule has 60 heavy (non-hydrogen) atoms. The standard InChI is InChI=1S/C58H38N2/c1-2-15-39(16-3-1)42-19-14-20-45(35-42)59-55-27-12-10-25-51(55)47-21-6-8-23-49(47)53-37-43(30-33-57(53)59)44-31-34-58-54(38-44)50-24-9-7-22-48(50)52-26-11-13-28-56(52)60(58)46-32-29-40-17-4-5-18-41(40)36-46/h1-38H. The molecule has 10 aromatic carbocycles. The van der Waals surface area contributed by atoms with Gasteiger partial charge in [-0.05, 0) is 116 Å². The highest BCUT2D eigenvalue weighted by atomic mass is 15.2. The van der Waals surface area contributed by atoms with Crippen LogP contribution in [0.3, 0.4) is 0 Å². The molecule has 0 aliphatic carbocycles. The summed E-state index contributed by atoms with van der Waals surface area (Å²) in [4.78, 5) is 4.90. The monoisotopic (exact) mass is 762 g/mol. The van der Waals surface area contributed by atoms with Crippen molar-refractivity contribution in [3.05, 3.63) is 231 Å². The van der Waals surface area contributed by atoms with Crippen LogP contribution in [0.1, 0.15) is 0 Å². The number of hydrogen-bond donors (Lipinski definition) is 0. The maximum absolute atomic E-state index is 2.45. The maximum Gasteiger partial charge on any atom is 0.0540 e. The molecule has 0 N–H and O–H groups in total. The lowest BCUT2D eigenvalue weighted by molar-refractivity contribution is 1.29. The van der Waals surface area contributed by atoms with E-state index in [1.165, 1.54) is 83.2 Å². The fourth-order valence-corrected chi connectivity index (χ4v) is 9.54. The van der Waals surface area contributed by atoms with Gasteiger partial charge in [-0.1, -0.05) is 170 Å². The Morgan fingerprint density at radius 2 is 0.617 bits per heavy atom. The van der Waals surface area contributed by atoms with Crippen LogP contribution in [0.15, 0.2) is 231 Å². The van der Waals surface area contributed by atoms with Gasteiger partial charge in [0.2, 0.25) is 0 Å². The lowest BCUT2D eigenvalue weighted by Gasteiger charge is -2.28. The van der Waals surface area contributed by atoms with Crippen LogP contribution >= 0.6 is 0 Å². The van der Waals surface area contributed by atoms with Crippen LogP contribution in [0.4, 0.5) is 34.1 Å². The van der Waals surface area contributed by atoms with Crippen molar-refractivity contribution in [3.8, 4) is 66.8 Å². The van der Waals surface area contributed by atoms with Gasteiger partial charge >= 0.3 is 0 Å². The molecule has 2 aliphatic heterocycles. The number of benzene rings is 10. The molecule has 12 rings (SSSR count). The van der Waals surface area contributed by atoms with Crippen LogP contribution in [0, 0.1) is 0 Å². The van der Waals surface area contributed by atoms with Crippen LogP contribution in [-0.2, 0) is 0 Å². The average molecular weight is 763 g/mol. The zero-order chi connectivity index (χ0) is 39.6. The molecule has 0 saturated carbocycles. The summed E-state index contributed by atoms with van der Waals surface area (Å²) in [5, 5.41) is 2.46. The summed E-state index contributed by atoms with van der Waals surface area (Å²) < 4.78 is 0. The summed E-state index contributed by atoms with van der Waals surface area (Å²) in [6.45, 7) is 0. The highest BCUT2D eigenvalue weighted by Gasteiger charge is 2.29. The largest absolute Gasteiger partial charge is 0.309 e. The lowest BCUT2D eigenvalue weighted by Crippen LogP contribution is -2.11. The quantitative estimate of drug-likeness (QED) is 0.176. The maximum atomic E-state index is 2.45. The zero-order valence-electron chi connectivity index (χ0n) is 32.8. The van der Waals surface area contributed by atoms with Gasteiger partial charge < -0.3 is 9.80 Å². The number of fused-ring (bicyclic) bond motifs is 11. The molecule has 0 fully saturated rings. The van der Waals surface area contributed by atoms with Gasteiger partial charge in [0.15, 0.2) is 0 Å². The fraction of sp³-hybridized carbons (Fsp3) is 0. The van der Waals surface area contributed by atoms with E-state index in [-0.39, 0.29) is 0 Å². The molecular formula is C58H38N2. The van der Waals surface area contributed by atoms with E-state index >= 15 is 0 Å². The first kappa shape index (κ1) is 34.1. The Hall–Kier alpha value is -7.94. The molecular weight excluding hydrogens is 725 g/mol. The van der Waals surface area contributed by atoms with Crippen LogP contribution in [0.5, 0.6) is 0 Å². The molecule has 0 unspecified atom stereocenters. The molecule has 0 amide bonds. The van der Waals surface area contributed by atoms with Gasteiger partial charge in [0.25, 0.3) is 0 Å². The third-order valence-electron chi connectivity index (χ3n) is 12.3. The molecule has 280 valence electrons. The minimum Gasteiger partial charge on any atom is -0.309 e. The minimum atomic E-state index is 1.13. The molecule has 0 spiro atoms. The van der Waals surface area contributed by atoms with Gasteiger partial charge in [-0.25, -0.2) is 0 Å². The Kier molecular flexibility index (Phi) is 7.89. The normalized spacial score (nSPS) is 12.3. The second kappa shape index (κ2) is 13.9. The summed E-state index contributed by atoms with van der Waals surface area (Å²) in [5.74, 6) is 0. The summed E-state index contributed by atoms with van der Waals surface area (Å²) in [6.07, 6.45) is 0. The van der Waals surface area contributed by atoms with Crippen molar-refractivity contribution in [1.82, 2.24) is 0 Å². The molecule has 2 nitrogen and oxygen atoms in total. The van der Waals surface area contributed by atoms with Gasteiger partial charge in [0.05, 0.1) is 22.7 Å². The van der Waals surface area contributed by atoms with Gasteiger partial charge in [-0.3, -0.25) is 0 Å². The van der Waals surface area contributed by atoms with Crippen LogP contribution in [0.25, 0.3) is 77.5 Å². The molecule has 0 radical (unpaired) electrons. The molecule has 2 heterocycles. The first-order chi connectivity index (χ1) is 29.8. The minimum absolute atomic E-state index is 1.13. The molecule has 0 bridgehead atoms. The number of rotatable bonds is 4. The third-order valence-corrected chi connectivity index (χ3v) is 12.3. The van der Waals surface area contributed by atoms with E-state index in [4.69, 9.17) is 0 Å². The van der Waals surface area contributed by atoms with Crippen molar-refractivity contribution >= 4 is 44.9 Å². The van der Waals surface area contributed by atoms with Crippen LogP contribution in [0.2, 0.25) is 0 Å². The fourth-order valence-electron chi connectivity index (χ4n) is 9.54. The number of nitrogens with zero attached hydrogens (tertiary/aromatic N) is 2. The van der Waals surface area contributed by atoms with Crippen molar-refractivity contribution in [2.75, 3.05) is 9.80 Å². The Morgan fingerprint density at radius 1 is 0.200 bits per heavy atom. The van der Waals surface area contributed by atoms with E-state index < -0.39 is 0 Å². The van der Waals surface area contributed by atoms with E-state index in [1.54, 1.807) is 0 Å². The predicted molar refractivity (Wildman–Crippen MR) is 253 cm³/mol. The van der Waals surface area contributed by atoms with E-state index in [1.807, 2.05) is 0 Å². The highest BCUT2D eigenvalue weighted by molar-refractivity contribution is 6.06. The van der Waals surface area contributed by atoms with Gasteiger partial charge in [0, 0.05) is 33.6 Å². The first-order valence-electron chi connectivity index (χ1n) is 20.7. The van der Waals surface area contributed by atoms with E-state index in [2.05, 4.69) is 240 Å². The Bertz CT molecular complexity index is 3290. The first-order valence-corrected chi connectivity index (χ1v) is 20.7. The Morgan fingerprint density at radius 3 is 1.20 bits per heavy atom. The predicted octanol–water partition coefficient (Wildman–Crippen LogP) is 16.4. The topological polar surface area (TPSA) is 6.48 Å². The van der Waals surface area contributed by atoms with E-state index in [9.17, 15) is 0 Å². The second-order valence-corrected chi connectivity index (χ2v) is 15.7. The second-order valence-electron chi connectivity index (χ2n) is 15.7. The summed E-state index contributed by atoms with van der Waals surface area (Å²) in [6, 6.07) is 84.6. The SMILES string of the molecule is c1ccc(-c2cccc(N3c4ccccc4-c4ccccc4-c4cc(-c5ccc6c(c5)-c5ccccc5-c5ccccc5N6c5ccc6ccccc6c5)ccc43)c2)cc1. The zero-order valence-corrected chi connectivity index (χ0v) is 32.8. The van der Waals surface area contributed by atoms with Crippen LogP contribution in [-0.4, -0.2) is 0 Å². The average Bonchev–Trinajstić information content (AvgIpc) is 3.53.